The van der Waals surface area contributed by atoms with E-state index >= 15 is 0 Å². The highest BCUT2D eigenvalue weighted by Crippen LogP contribution is 2.37. The first kappa shape index (κ1) is 12.3. The monoisotopic (exact) mass is 283 g/mol. The highest BCUT2D eigenvalue weighted by atomic mass is 32.1. The van der Waals surface area contributed by atoms with Crippen LogP contribution in [-0.4, -0.2) is 10.8 Å². The predicted molar refractivity (Wildman–Crippen MR) is 65.2 cm³/mol. The summed E-state index contributed by atoms with van der Waals surface area (Å²) in [5, 5.41) is -0.848. The van der Waals surface area contributed by atoms with E-state index in [4.69, 9.17) is 0 Å². The first-order chi connectivity index (χ1) is 8.95. The number of hydrogen-bond acceptors (Lipinski definition) is 3. The van der Waals surface area contributed by atoms with Crippen molar-refractivity contribution in [2.45, 2.75) is 19.0 Å². The lowest BCUT2D eigenvalue weighted by molar-refractivity contribution is -0.137. The third-order valence-corrected chi connectivity index (χ3v) is 4.15. The van der Waals surface area contributed by atoms with Gasteiger partial charge in [0, 0.05) is 18.2 Å². The molecule has 0 N–H and O–H groups in total. The normalized spacial score (nSPS) is 14.8. The minimum absolute atomic E-state index is 0.0989. The third-order valence-electron chi connectivity index (χ3n) is 3.06. The Labute approximate surface area is 110 Å². The molecule has 0 amide bonds. The minimum Gasteiger partial charge on any atom is -0.294 e. The molecule has 0 saturated heterocycles. The van der Waals surface area contributed by atoms with E-state index in [2.05, 4.69) is 4.98 Å². The minimum atomic E-state index is -4.41. The molecule has 1 heterocycles. The van der Waals surface area contributed by atoms with Gasteiger partial charge in [0.15, 0.2) is 10.8 Å². The van der Waals surface area contributed by atoms with E-state index < -0.39 is 11.2 Å². The molecule has 1 aromatic carbocycles. The molecule has 6 heteroatoms. The second kappa shape index (κ2) is 4.16. The molecule has 98 valence electrons. The van der Waals surface area contributed by atoms with Crippen LogP contribution in [0, 0.1) is 0 Å². The number of nitrogens with zero attached hydrogens (tertiary/aromatic N) is 1. The lowest BCUT2D eigenvalue weighted by atomic mass is 10.1. The molecule has 0 unspecified atom stereocenters. The van der Waals surface area contributed by atoms with Crippen molar-refractivity contribution in [1.29, 1.82) is 0 Å². The maximum Gasteiger partial charge on any atom is 0.443 e. The Morgan fingerprint density at radius 2 is 2.00 bits per heavy atom. The predicted octanol–water partition coefficient (Wildman–Crippen LogP) is 3.96. The summed E-state index contributed by atoms with van der Waals surface area (Å²) in [6.07, 6.45) is -2.04. The first-order valence-electron chi connectivity index (χ1n) is 5.64. The van der Waals surface area contributed by atoms with Crippen molar-refractivity contribution in [3.8, 4) is 10.4 Å². The Morgan fingerprint density at radius 3 is 2.68 bits per heavy atom. The number of benzene rings is 1. The Hall–Kier alpha value is -1.69. The molecular formula is C13H8F3NOS. The topological polar surface area (TPSA) is 30.0 Å². The number of aromatic nitrogens is 1. The molecule has 2 aromatic rings. The van der Waals surface area contributed by atoms with Crippen LogP contribution in [-0.2, 0) is 12.6 Å². The Morgan fingerprint density at radius 1 is 1.21 bits per heavy atom. The lowest BCUT2D eigenvalue weighted by Crippen LogP contribution is -2.02. The molecule has 2 nitrogen and oxygen atoms in total. The molecule has 1 aliphatic rings. The number of Topliss-reactive ketones (excluding diaryl/α,β-unsaturated/α-hetero) is 1. The first-order valence-corrected chi connectivity index (χ1v) is 6.46. The number of fused-ring (bicyclic) bond motifs is 1. The molecule has 0 bridgehead atoms. The second-order valence-electron chi connectivity index (χ2n) is 4.32. The van der Waals surface area contributed by atoms with Crippen LogP contribution in [0.1, 0.15) is 27.3 Å². The van der Waals surface area contributed by atoms with Gasteiger partial charge in [-0.25, -0.2) is 4.98 Å². The molecule has 1 aliphatic carbocycles. The van der Waals surface area contributed by atoms with Gasteiger partial charge >= 0.3 is 6.18 Å². The number of thiazole rings is 1. The quantitative estimate of drug-likeness (QED) is 0.793. The van der Waals surface area contributed by atoms with Gasteiger partial charge in [-0.2, -0.15) is 13.2 Å². The SMILES string of the molecule is O=C1CCc2cc(-c3cnc(C(F)(F)F)s3)ccc21. The number of hydrogen-bond donors (Lipinski definition) is 0. The number of alkyl halides is 3. The van der Waals surface area contributed by atoms with Gasteiger partial charge < -0.3 is 0 Å². The van der Waals surface area contributed by atoms with Crippen LogP contribution in [0.25, 0.3) is 10.4 Å². The molecule has 0 atom stereocenters. The summed E-state index contributed by atoms with van der Waals surface area (Å²) in [5.41, 5.74) is 2.27. The van der Waals surface area contributed by atoms with Crippen LogP contribution in [0.15, 0.2) is 24.4 Å². The maximum atomic E-state index is 12.5. The van der Waals surface area contributed by atoms with E-state index in [1.54, 1.807) is 18.2 Å². The van der Waals surface area contributed by atoms with Gasteiger partial charge in [-0.1, -0.05) is 12.1 Å². The zero-order chi connectivity index (χ0) is 13.6. The fourth-order valence-corrected chi connectivity index (χ4v) is 2.93. The molecule has 0 spiro atoms. The number of halogens is 3. The molecule has 19 heavy (non-hydrogen) atoms. The average molecular weight is 283 g/mol. The molecular weight excluding hydrogens is 275 g/mol. The van der Waals surface area contributed by atoms with Crippen molar-refractivity contribution in [1.82, 2.24) is 4.98 Å². The van der Waals surface area contributed by atoms with Crippen molar-refractivity contribution in [2.24, 2.45) is 0 Å². The fraction of sp³-hybridized carbons (Fsp3) is 0.231. The van der Waals surface area contributed by atoms with Crippen LogP contribution in [0.2, 0.25) is 0 Å². The van der Waals surface area contributed by atoms with Crippen molar-refractivity contribution in [3.63, 3.8) is 0 Å². The summed E-state index contributed by atoms with van der Waals surface area (Å²) in [5.74, 6) is 0.0989. The zero-order valence-corrected chi connectivity index (χ0v) is 10.4. The number of carbonyl (C=O) groups is 1. The highest BCUT2D eigenvalue weighted by molar-refractivity contribution is 7.15. The van der Waals surface area contributed by atoms with Crippen LogP contribution in [0.4, 0.5) is 13.2 Å². The van der Waals surface area contributed by atoms with Crippen LogP contribution in [0.5, 0.6) is 0 Å². The molecule has 1 aromatic heterocycles. The molecule has 3 rings (SSSR count). The summed E-state index contributed by atoms with van der Waals surface area (Å²) in [6, 6.07) is 5.15. The summed E-state index contributed by atoms with van der Waals surface area (Å²) in [7, 11) is 0. The smallest absolute Gasteiger partial charge is 0.294 e. The van der Waals surface area contributed by atoms with E-state index in [1.165, 1.54) is 6.20 Å². The average Bonchev–Trinajstić information content (AvgIpc) is 2.95. The standard InChI is InChI=1S/C13H8F3NOS/c14-13(15,16)12-17-6-11(19-12)8-1-3-9-7(5-8)2-4-10(9)18/h1,3,5-6H,2,4H2. The van der Waals surface area contributed by atoms with E-state index in [1.807, 2.05) is 0 Å². The van der Waals surface area contributed by atoms with Crippen LogP contribution in [0.3, 0.4) is 0 Å². The Bertz CT molecular complexity index is 660. The molecule has 0 aliphatic heterocycles. The highest BCUT2D eigenvalue weighted by Gasteiger charge is 2.34. The van der Waals surface area contributed by atoms with Crippen LogP contribution < -0.4 is 0 Å². The summed E-state index contributed by atoms with van der Waals surface area (Å²) >= 11 is 0.618. The number of ketones is 1. The van der Waals surface area contributed by atoms with Crippen molar-refractivity contribution in [2.75, 3.05) is 0 Å². The van der Waals surface area contributed by atoms with Crippen molar-refractivity contribution >= 4 is 17.1 Å². The van der Waals surface area contributed by atoms with Gasteiger partial charge in [0.1, 0.15) is 0 Å². The Kier molecular flexibility index (Phi) is 2.70. The second-order valence-corrected chi connectivity index (χ2v) is 5.35. The maximum absolute atomic E-state index is 12.5. The number of rotatable bonds is 1. The lowest BCUT2D eigenvalue weighted by Gasteiger charge is -2.02. The number of carbonyl (C=O) groups excluding carboxylic acids is 1. The molecule has 0 fully saturated rings. The van der Waals surface area contributed by atoms with E-state index in [0.29, 0.717) is 40.2 Å². The van der Waals surface area contributed by atoms with Gasteiger partial charge in [-0.15, -0.1) is 11.3 Å². The zero-order valence-electron chi connectivity index (χ0n) is 9.62. The Balaban J connectivity index is 1.99. The summed E-state index contributed by atoms with van der Waals surface area (Å²) in [6.45, 7) is 0. The van der Waals surface area contributed by atoms with Crippen LogP contribution >= 0.6 is 11.3 Å². The van der Waals surface area contributed by atoms with Gasteiger partial charge in [0.05, 0.1) is 4.88 Å². The summed E-state index contributed by atoms with van der Waals surface area (Å²) in [4.78, 5) is 15.4. The fourth-order valence-electron chi connectivity index (χ4n) is 2.15. The van der Waals surface area contributed by atoms with Gasteiger partial charge in [0.2, 0.25) is 0 Å². The van der Waals surface area contributed by atoms with Gasteiger partial charge in [0.25, 0.3) is 0 Å². The van der Waals surface area contributed by atoms with E-state index in [9.17, 15) is 18.0 Å². The van der Waals surface area contributed by atoms with Crippen molar-refractivity contribution in [3.05, 3.63) is 40.5 Å². The largest absolute Gasteiger partial charge is 0.443 e. The van der Waals surface area contributed by atoms with Gasteiger partial charge in [-0.05, 0) is 23.6 Å². The van der Waals surface area contributed by atoms with Gasteiger partial charge in [-0.3, -0.25) is 4.79 Å². The van der Waals surface area contributed by atoms with E-state index in [-0.39, 0.29) is 5.78 Å². The summed E-state index contributed by atoms with van der Waals surface area (Å²) < 4.78 is 37.5. The van der Waals surface area contributed by atoms with E-state index in [0.717, 1.165) is 5.56 Å². The molecule has 0 radical (unpaired) electrons. The van der Waals surface area contributed by atoms with Crippen molar-refractivity contribution < 1.29 is 18.0 Å². The number of aryl methyl sites for hydroxylation is 1. The third kappa shape index (κ3) is 2.16. The molecule has 0 saturated carbocycles.